The number of rotatable bonds is 9. The van der Waals surface area contributed by atoms with Crippen LogP contribution in [0, 0.1) is 6.92 Å². The smallest absolute Gasteiger partial charge is 0.251 e. The molecule has 5 heteroatoms. The van der Waals surface area contributed by atoms with Crippen molar-refractivity contribution in [3.63, 3.8) is 0 Å². The molecule has 0 atom stereocenters. The largest absolute Gasteiger partial charge is 0.382 e. The zero-order chi connectivity index (χ0) is 16.8. The third-order valence-corrected chi connectivity index (χ3v) is 4.73. The van der Waals surface area contributed by atoms with Crippen LogP contribution in [-0.4, -0.2) is 23.7 Å². The fraction of sp³-hybridized carbons (Fsp3) is 0.500. The van der Waals surface area contributed by atoms with Crippen molar-refractivity contribution in [2.45, 2.75) is 46.6 Å². The highest BCUT2D eigenvalue weighted by Gasteiger charge is 2.24. The maximum Gasteiger partial charge on any atom is 0.251 e. The van der Waals surface area contributed by atoms with Crippen molar-refractivity contribution >= 4 is 17.2 Å². The first kappa shape index (κ1) is 17.8. The van der Waals surface area contributed by atoms with E-state index in [1.54, 1.807) is 11.3 Å². The minimum atomic E-state index is -0.343. The van der Waals surface area contributed by atoms with Gasteiger partial charge in [0.2, 0.25) is 0 Å². The van der Waals surface area contributed by atoms with E-state index in [4.69, 9.17) is 10.5 Å². The second-order valence-electron chi connectivity index (χ2n) is 5.61. The molecule has 0 radical (unpaired) electrons. The van der Waals surface area contributed by atoms with Crippen LogP contribution in [0.5, 0.6) is 0 Å². The minimum absolute atomic E-state index is 0.343. The molecule has 126 valence electrons. The molecule has 4 nitrogen and oxygen atoms in total. The average Bonchev–Trinajstić information content (AvgIpc) is 3.12. The normalized spacial score (nSPS) is 11.1. The third kappa shape index (κ3) is 3.85. The summed E-state index contributed by atoms with van der Waals surface area (Å²) < 4.78 is 7.71. The van der Waals surface area contributed by atoms with Gasteiger partial charge >= 0.3 is 0 Å². The van der Waals surface area contributed by atoms with E-state index in [-0.39, 0.29) is 5.91 Å². The lowest BCUT2D eigenvalue weighted by Gasteiger charge is -2.12. The predicted octanol–water partition coefficient (Wildman–Crippen LogP) is 4.00. The Balaban J connectivity index is 2.48. The molecule has 1 amide bonds. The third-order valence-electron chi connectivity index (χ3n) is 4.05. The molecule has 0 spiro atoms. The number of nitrogens with two attached hydrogens (primary N) is 1. The summed E-state index contributed by atoms with van der Waals surface area (Å²) in [6.45, 7) is 8.48. The van der Waals surface area contributed by atoms with E-state index in [2.05, 4.69) is 22.9 Å². The number of thiophene rings is 1. The van der Waals surface area contributed by atoms with Crippen molar-refractivity contribution in [3.8, 4) is 11.1 Å². The Morgan fingerprint density at radius 2 is 2.17 bits per heavy atom. The van der Waals surface area contributed by atoms with E-state index in [0.717, 1.165) is 55.8 Å². The average molecular weight is 334 g/mol. The monoisotopic (exact) mass is 334 g/mol. The number of hydrogen-bond donors (Lipinski definition) is 1. The maximum absolute atomic E-state index is 12.1. The molecule has 0 aliphatic rings. The van der Waals surface area contributed by atoms with Crippen LogP contribution < -0.4 is 5.73 Å². The lowest BCUT2D eigenvalue weighted by Crippen LogP contribution is -2.13. The lowest BCUT2D eigenvalue weighted by atomic mass is 10.0. The van der Waals surface area contributed by atoms with Gasteiger partial charge in [0, 0.05) is 36.7 Å². The molecule has 0 fully saturated rings. The molecule has 2 rings (SSSR count). The number of primary amides is 1. The molecule has 23 heavy (non-hydrogen) atoms. The van der Waals surface area contributed by atoms with Gasteiger partial charge < -0.3 is 15.0 Å². The Labute approximate surface area is 142 Å². The molecule has 2 aromatic rings. The predicted molar refractivity (Wildman–Crippen MR) is 96.1 cm³/mol. The van der Waals surface area contributed by atoms with Gasteiger partial charge in [0.25, 0.3) is 5.91 Å². The zero-order valence-corrected chi connectivity index (χ0v) is 15.0. The number of carbonyl (C=O) groups is 1. The molecule has 0 aliphatic heterocycles. The van der Waals surface area contributed by atoms with Gasteiger partial charge in [-0.1, -0.05) is 13.3 Å². The number of amides is 1. The standard InChI is InChI=1S/C18H26N2O2S/c1-4-7-15-17(14-8-11-23-12-14)16(18(19)21)13(3)20(15)9-6-10-22-5-2/h8,11-12H,4-7,9-10H2,1-3H3,(H2,19,21). The van der Waals surface area contributed by atoms with E-state index >= 15 is 0 Å². The summed E-state index contributed by atoms with van der Waals surface area (Å²) in [4.78, 5) is 12.1. The first-order valence-corrected chi connectivity index (χ1v) is 9.18. The second kappa shape index (κ2) is 8.31. The Morgan fingerprint density at radius 3 is 2.74 bits per heavy atom. The highest BCUT2D eigenvalue weighted by atomic mass is 32.1. The Bertz CT molecular complexity index is 645. The SMILES string of the molecule is CCCc1c(-c2ccsc2)c(C(N)=O)c(C)n1CCCOCC. The summed E-state index contributed by atoms with van der Waals surface area (Å²) in [5, 5.41) is 4.13. The van der Waals surface area contributed by atoms with Gasteiger partial charge in [-0.05, 0) is 49.1 Å². The van der Waals surface area contributed by atoms with Crippen LogP contribution in [0.25, 0.3) is 11.1 Å². The molecule has 0 unspecified atom stereocenters. The van der Waals surface area contributed by atoms with E-state index in [1.165, 1.54) is 5.69 Å². The van der Waals surface area contributed by atoms with E-state index in [9.17, 15) is 4.79 Å². The quantitative estimate of drug-likeness (QED) is 0.705. The molecule has 2 N–H and O–H groups in total. The Hall–Kier alpha value is -1.59. The van der Waals surface area contributed by atoms with Crippen LogP contribution in [0.4, 0.5) is 0 Å². The number of nitrogens with zero attached hydrogens (tertiary/aromatic N) is 1. The topological polar surface area (TPSA) is 57.2 Å². The summed E-state index contributed by atoms with van der Waals surface area (Å²) in [6, 6.07) is 2.07. The summed E-state index contributed by atoms with van der Waals surface area (Å²) >= 11 is 1.64. The van der Waals surface area contributed by atoms with Crippen molar-refractivity contribution in [3.05, 3.63) is 33.8 Å². The first-order valence-electron chi connectivity index (χ1n) is 8.23. The Morgan fingerprint density at radius 1 is 1.39 bits per heavy atom. The first-order chi connectivity index (χ1) is 11.1. The van der Waals surface area contributed by atoms with Gasteiger partial charge in [-0.3, -0.25) is 4.79 Å². The maximum atomic E-state index is 12.1. The van der Waals surface area contributed by atoms with Gasteiger partial charge in [-0.15, -0.1) is 0 Å². The summed E-state index contributed by atoms with van der Waals surface area (Å²) in [6.07, 6.45) is 2.90. The number of carbonyl (C=O) groups excluding carboxylic acids is 1. The van der Waals surface area contributed by atoms with E-state index in [0.29, 0.717) is 5.56 Å². The van der Waals surface area contributed by atoms with Gasteiger partial charge in [-0.2, -0.15) is 11.3 Å². The second-order valence-corrected chi connectivity index (χ2v) is 6.39. The molecule has 0 bridgehead atoms. The highest BCUT2D eigenvalue weighted by Crippen LogP contribution is 2.35. The molecule has 0 saturated carbocycles. The van der Waals surface area contributed by atoms with Crippen LogP contribution in [-0.2, 0) is 17.7 Å². The van der Waals surface area contributed by atoms with Crippen LogP contribution in [0.15, 0.2) is 16.8 Å². The van der Waals surface area contributed by atoms with Crippen molar-refractivity contribution in [2.24, 2.45) is 5.73 Å². The summed E-state index contributed by atoms with van der Waals surface area (Å²) in [5.74, 6) is -0.343. The highest BCUT2D eigenvalue weighted by molar-refractivity contribution is 7.08. The number of ether oxygens (including phenoxy) is 1. The van der Waals surface area contributed by atoms with Crippen molar-refractivity contribution in [1.29, 1.82) is 0 Å². The van der Waals surface area contributed by atoms with Crippen molar-refractivity contribution in [1.82, 2.24) is 4.57 Å². The molecular weight excluding hydrogens is 308 g/mol. The van der Waals surface area contributed by atoms with Crippen LogP contribution in [0.2, 0.25) is 0 Å². The van der Waals surface area contributed by atoms with Crippen LogP contribution in [0.1, 0.15) is 48.4 Å². The fourth-order valence-corrected chi connectivity index (χ4v) is 3.73. The summed E-state index contributed by atoms with van der Waals surface area (Å²) in [7, 11) is 0. The molecule has 2 heterocycles. The molecule has 2 aromatic heterocycles. The van der Waals surface area contributed by atoms with Crippen molar-refractivity contribution in [2.75, 3.05) is 13.2 Å². The van der Waals surface area contributed by atoms with Crippen LogP contribution >= 0.6 is 11.3 Å². The van der Waals surface area contributed by atoms with Gasteiger partial charge in [0.15, 0.2) is 0 Å². The molecule has 0 aromatic carbocycles. The number of hydrogen-bond acceptors (Lipinski definition) is 3. The number of aromatic nitrogens is 1. The zero-order valence-electron chi connectivity index (χ0n) is 14.2. The van der Waals surface area contributed by atoms with Gasteiger partial charge in [0.1, 0.15) is 0 Å². The molecule has 0 saturated heterocycles. The Kier molecular flexibility index (Phi) is 6.42. The van der Waals surface area contributed by atoms with Gasteiger partial charge in [-0.25, -0.2) is 0 Å². The lowest BCUT2D eigenvalue weighted by molar-refractivity contribution is 0.1000. The minimum Gasteiger partial charge on any atom is -0.382 e. The van der Waals surface area contributed by atoms with E-state index < -0.39 is 0 Å². The van der Waals surface area contributed by atoms with Gasteiger partial charge in [0.05, 0.1) is 5.56 Å². The molecular formula is C18H26N2O2S. The van der Waals surface area contributed by atoms with Crippen LogP contribution in [0.3, 0.4) is 0 Å². The van der Waals surface area contributed by atoms with E-state index in [1.807, 2.05) is 19.2 Å². The van der Waals surface area contributed by atoms with Crippen molar-refractivity contribution < 1.29 is 9.53 Å². The molecule has 0 aliphatic carbocycles. The fourth-order valence-electron chi connectivity index (χ4n) is 3.09. The summed E-state index contributed by atoms with van der Waals surface area (Å²) in [5.41, 5.74) is 10.7.